The van der Waals surface area contributed by atoms with Crippen molar-refractivity contribution in [1.82, 2.24) is 10.4 Å². The van der Waals surface area contributed by atoms with E-state index in [1.807, 2.05) is 51.1 Å². The SMILES string of the molecule is Cc1ccccc1C(=O)N/N=C1\CCCc2oc(C(=O)Nc3ncccc3C)c(C)c21. The fourth-order valence-corrected chi connectivity index (χ4v) is 3.78. The Morgan fingerprint density at radius 3 is 2.55 bits per heavy atom. The molecule has 0 fully saturated rings. The summed E-state index contributed by atoms with van der Waals surface area (Å²) in [5, 5.41) is 7.20. The van der Waals surface area contributed by atoms with Crippen molar-refractivity contribution < 1.29 is 14.0 Å². The first-order valence-corrected chi connectivity index (χ1v) is 10.2. The van der Waals surface area contributed by atoms with Gasteiger partial charge in [0.1, 0.15) is 11.6 Å². The zero-order chi connectivity index (χ0) is 22.0. The quantitative estimate of drug-likeness (QED) is 0.619. The molecule has 2 amide bonds. The van der Waals surface area contributed by atoms with Crippen LogP contribution in [0.2, 0.25) is 0 Å². The topological polar surface area (TPSA) is 96.6 Å². The number of benzene rings is 1. The highest BCUT2D eigenvalue weighted by Gasteiger charge is 2.28. The molecule has 1 aromatic carbocycles. The molecule has 1 aliphatic rings. The van der Waals surface area contributed by atoms with Crippen molar-refractivity contribution in [1.29, 1.82) is 0 Å². The monoisotopic (exact) mass is 416 g/mol. The molecular weight excluding hydrogens is 392 g/mol. The first kappa shape index (κ1) is 20.5. The van der Waals surface area contributed by atoms with Crippen molar-refractivity contribution >= 4 is 23.3 Å². The van der Waals surface area contributed by atoms with E-state index < -0.39 is 0 Å². The van der Waals surface area contributed by atoms with Gasteiger partial charge >= 0.3 is 0 Å². The number of carbonyl (C=O) groups is 2. The number of pyridine rings is 1. The number of aromatic nitrogens is 1. The molecular formula is C24H24N4O3. The second kappa shape index (κ2) is 8.55. The predicted octanol–water partition coefficient (Wildman–Crippen LogP) is 4.32. The average molecular weight is 416 g/mol. The Hall–Kier alpha value is -3.74. The number of aryl methyl sites for hydroxylation is 3. The van der Waals surface area contributed by atoms with Crippen molar-refractivity contribution in [3.63, 3.8) is 0 Å². The summed E-state index contributed by atoms with van der Waals surface area (Å²) in [4.78, 5) is 29.6. The minimum absolute atomic E-state index is 0.245. The molecule has 0 bridgehead atoms. The van der Waals surface area contributed by atoms with E-state index in [1.54, 1.807) is 12.3 Å². The Morgan fingerprint density at radius 2 is 1.77 bits per heavy atom. The Bertz CT molecular complexity index is 1190. The highest BCUT2D eigenvalue weighted by molar-refractivity contribution is 6.09. The van der Waals surface area contributed by atoms with E-state index in [1.165, 1.54) is 0 Å². The molecule has 7 heteroatoms. The predicted molar refractivity (Wildman–Crippen MR) is 118 cm³/mol. The van der Waals surface area contributed by atoms with Gasteiger partial charge in [0.2, 0.25) is 0 Å². The molecule has 0 aliphatic heterocycles. The highest BCUT2D eigenvalue weighted by Crippen LogP contribution is 2.30. The molecule has 0 radical (unpaired) electrons. The molecule has 31 heavy (non-hydrogen) atoms. The van der Waals surface area contributed by atoms with Gasteiger partial charge in [-0.3, -0.25) is 9.59 Å². The van der Waals surface area contributed by atoms with Crippen LogP contribution in [0.3, 0.4) is 0 Å². The van der Waals surface area contributed by atoms with Crippen molar-refractivity contribution in [3.05, 3.63) is 81.9 Å². The number of anilines is 1. The van der Waals surface area contributed by atoms with E-state index in [0.717, 1.165) is 41.0 Å². The van der Waals surface area contributed by atoms with Crippen molar-refractivity contribution in [2.24, 2.45) is 5.10 Å². The summed E-state index contributed by atoms with van der Waals surface area (Å²) >= 11 is 0. The fourth-order valence-electron chi connectivity index (χ4n) is 3.78. The smallest absolute Gasteiger partial charge is 0.292 e. The number of amides is 2. The van der Waals surface area contributed by atoms with Crippen LogP contribution in [-0.2, 0) is 6.42 Å². The van der Waals surface area contributed by atoms with Crippen molar-refractivity contribution in [2.75, 3.05) is 5.32 Å². The molecule has 4 rings (SSSR count). The van der Waals surface area contributed by atoms with E-state index in [9.17, 15) is 9.59 Å². The second-order valence-corrected chi connectivity index (χ2v) is 7.65. The van der Waals surface area contributed by atoms with Crippen LogP contribution in [0.4, 0.5) is 5.82 Å². The summed E-state index contributed by atoms with van der Waals surface area (Å²) in [7, 11) is 0. The van der Waals surface area contributed by atoms with Gasteiger partial charge in [-0.25, -0.2) is 10.4 Å². The Kier molecular flexibility index (Phi) is 5.66. The molecule has 2 aromatic heterocycles. The van der Waals surface area contributed by atoms with Crippen LogP contribution in [0, 0.1) is 20.8 Å². The Labute approximate surface area is 180 Å². The third kappa shape index (κ3) is 4.12. The van der Waals surface area contributed by atoms with Crippen LogP contribution in [0.5, 0.6) is 0 Å². The zero-order valence-electron chi connectivity index (χ0n) is 17.8. The number of furan rings is 1. The summed E-state index contributed by atoms with van der Waals surface area (Å²) in [6.45, 7) is 5.60. The third-order valence-corrected chi connectivity index (χ3v) is 5.46. The maximum Gasteiger partial charge on any atom is 0.292 e. The lowest BCUT2D eigenvalue weighted by molar-refractivity contribution is 0.0952. The molecule has 7 nitrogen and oxygen atoms in total. The van der Waals surface area contributed by atoms with E-state index in [-0.39, 0.29) is 17.6 Å². The number of hydrogen-bond donors (Lipinski definition) is 2. The van der Waals surface area contributed by atoms with Gasteiger partial charge in [-0.2, -0.15) is 5.10 Å². The lowest BCUT2D eigenvalue weighted by Crippen LogP contribution is -2.22. The maximum atomic E-state index is 12.8. The zero-order valence-corrected chi connectivity index (χ0v) is 17.8. The second-order valence-electron chi connectivity index (χ2n) is 7.65. The Morgan fingerprint density at radius 1 is 1.00 bits per heavy atom. The lowest BCUT2D eigenvalue weighted by atomic mass is 9.93. The standard InChI is InChI=1S/C24H24N4O3/c1-14-8-4-5-10-17(14)23(29)28-27-18-11-6-12-19-20(18)16(3)21(31-19)24(30)26-22-15(2)9-7-13-25-22/h4-5,7-10,13H,6,11-12H2,1-3H3,(H,28,29)(H,25,26,30)/b27-18+. The first-order valence-electron chi connectivity index (χ1n) is 10.2. The van der Waals surface area contributed by atoms with Gasteiger partial charge in [-0.15, -0.1) is 0 Å². The molecule has 1 aliphatic carbocycles. The molecule has 2 N–H and O–H groups in total. The molecule has 0 spiro atoms. The minimum Gasteiger partial charge on any atom is -0.455 e. The number of fused-ring (bicyclic) bond motifs is 1. The Balaban J connectivity index is 1.59. The van der Waals surface area contributed by atoms with E-state index >= 15 is 0 Å². The summed E-state index contributed by atoms with van der Waals surface area (Å²) in [5.41, 5.74) is 7.23. The number of hydrazone groups is 1. The van der Waals surface area contributed by atoms with Crippen LogP contribution in [0.15, 0.2) is 52.1 Å². The van der Waals surface area contributed by atoms with E-state index in [4.69, 9.17) is 4.42 Å². The lowest BCUT2D eigenvalue weighted by Gasteiger charge is -2.13. The summed E-state index contributed by atoms with van der Waals surface area (Å²) in [6.07, 6.45) is 3.88. The summed E-state index contributed by atoms with van der Waals surface area (Å²) in [6, 6.07) is 11.1. The normalized spacial score (nSPS) is 14.2. The van der Waals surface area contributed by atoms with Gasteiger partial charge in [-0.1, -0.05) is 24.3 Å². The van der Waals surface area contributed by atoms with E-state index in [0.29, 0.717) is 23.4 Å². The number of nitrogens with one attached hydrogen (secondary N) is 2. The molecule has 158 valence electrons. The van der Waals surface area contributed by atoms with Gasteiger partial charge in [0.15, 0.2) is 5.76 Å². The van der Waals surface area contributed by atoms with Crippen molar-refractivity contribution in [2.45, 2.75) is 40.0 Å². The van der Waals surface area contributed by atoms with Crippen molar-refractivity contribution in [3.8, 4) is 0 Å². The number of nitrogens with zero attached hydrogens (tertiary/aromatic N) is 2. The van der Waals surface area contributed by atoms with Crippen LogP contribution in [-0.4, -0.2) is 22.5 Å². The summed E-state index contributed by atoms with van der Waals surface area (Å²) < 4.78 is 5.92. The van der Waals surface area contributed by atoms with Gasteiger partial charge in [0.05, 0.1) is 5.71 Å². The number of rotatable bonds is 4. The molecule has 0 saturated carbocycles. The van der Waals surface area contributed by atoms with Crippen LogP contribution < -0.4 is 10.7 Å². The number of carbonyl (C=O) groups excluding carboxylic acids is 2. The molecule has 2 heterocycles. The molecule has 0 saturated heterocycles. The van der Waals surface area contributed by atoms with Crippen LogP contribution in [0.25, 0.3) is 0 Å². The number of hydrogen-bond acceptors (Lipinski definition) is 5. The largest absolute Gasteiger partial charge is 0.455 e. The minimum atomic E-state index is -0.350. The van der Waals surface area contributed by atoms with Gasteiger partial charge in [0, 0.05) is 29.3 Å². The highest BCUT2D eigenvalue weighted by atomic mass is 16.4. The third-order valence-electron chi connectivity index (χ3n) is 5.46. The van der Waals surface area contributed by atoms with Gasteiger partial charge < -0.3 is 9.73 Å². The van der Waals surface area contributed by atoms with Gasteiger partial charge in [0.25, 0.3) is 11.8 Å². The average Bonchev–Trinajstić information content (AvgIpc) is 3.11. The summed E-state index contributed by atoms with van der Waals surface area (Å²) in [5.74, 6) is 0.852. The van der Waals surface area contributed by atoms with Crippen LogP contribution >= 0.6 is 0 Å². The maximum absolute atomic E-state index is 12.8. The molecule has 0 atom stereocenters. The fraction of sp³-hybridized carbons (Fsp3) is 0.250. The first-order chi connectivity index (χ1) is 15.0. The molecule has 0 unspecified atom stereocenters. The molecule has 3 aromatic rings. The van der Waals surface area contributed by atoms with Gasteiger partial charge in [-0.05, 0) is 56.9 Å². The van der Waals surface area contributed by atoms with E-state index in [2.05, 4.69) is 20.8 Å². The van der Waals surface area contributed by atoms with Crippen LogP contribution in [0.1, 0.15) is 61.8 Å².